The van der Waals surface area contributed by atoms with E-state index in [1.54, 1.807) is 16.7 Å². The number of carbonyl (C=O) groups is 2. The number of hydrogen-bond donors (Lipinski definition) is 1. The molecule has 1 aromatic heterocycles. The zero-order valence-corrected chi connectivity index (χ0v) is 14.1. The minimum atomic E-state index is -0.972. The second-order valence-corrected chi connectivity index (χ2v) is 6.63. The number of aliphatic carboxylic acids is 1. The van der Waals surface area contributed by atoms with Gasteiger partial charge >= 0.3 is 5.97 Å². The summed E-state index contributed by atoms with van der Waals surface area (Å²) in [7, 11) is 0. The number of carboxylic acid groups (broad SMARTS) is 1. The Kier molecular flexibility index (Phi) is 4.31. The first-order chi connectivity index (χ1) is 11.4. The largest absolute Gasteiger partial charge is 0.480 e. The molecule has 1 N–H and O–H groups in total. The van der Waals surface area contributed by atoms with Gasteiger partial charge in [-0.25, -0.2) is 0 Å². The van der Waals surface area contributed by atoms with E-state index in [1.165, 1.54) is 11.3 Å². The Hall–Kier alpha value is -2.73. The molecular weight excluding hydrogens is 324 g/mol. The maximum absolute atomic E-state index is 12.4. The third-order valence-electron chi connectivity index (χ3n) is 3.63. The predicted octanol–water partition coefficient (Wildman–Crippen LogP) is 3.15. The van der Waals surface area contributed by atoms with Gasteiger partial charge in [0.1, 0.15) is 6.54 Å². The summed E-state index contributed by atoms with van der Waals surface area (Å²) >= 11 is 1.31. The van der Waals surface area contributed by atoms with Crippen LogP contribution in [0.2, 0.25) is 0 Å². The normalized spacial score (nSPS) is 11.8. The molecule has 0 aliphatic heterocycles. The number of carboxylic acids is 1. The fourth-order valence-electron chi connectivity index (χ4n) is 2.40. The number of thiazole rings is 1. The van der Waals surface area contributed by atoms with Gasteiger partial charge in [-0.05, 0) is 43.7 Å². The molecule has 24 heavy (non-hydrogen) atoms. The van der Waals surface area contributed by atoms with Gasteiger partial charge in [-0.15, -0.1) is 0 Å². The molecule has 5 nitrogen and oxygen atoms in total. The maximum atomic E-state index is 12.4. The van der Waals surface area contributed by atoms with Gasteiger partial charge in [0.05, 0.1) is 10.2 Å². The van der Waals surface area contributed by atoms with Gasteiger partial charge < -0.3 is 9.67 Å². The van der Waals surface area contributed by atoms with Crippen molar-refractivity contribution >= 4 is 33.4 Å². The van der Waals surface area contributed by atoms with Crippen LogP contribution in [-0.2, 0) is 11.3 Å². The highest BCUT2D eigenvalue weighted by Crippen LogP contribution is 2.19. The molecular formula is C18H16N2O3S. The lowest BCUT2D eigenvalue weighted by atomic mass is 10.1. The van der Waals surface area contributed by atoms with Gasteiger partial charge in [0.25, 0.3) is 5.91 Å². The van der Waals surface area contributed by atoms with Gasteiger partial charge in [0.2, 0.25) is 0 Å². The number of aryl methyl sites for hydroxylation is 2. The van der Waals surface area contributed by atoms with Gasteiger partial charge in [0, 0.05) is 5.56 Å². The summed E-state index contributed by atoms with van der Waals surface area (Å²) in [5.74, 6) is -1.35. The van der Waals surface area contributed by atoms with Crippen LogP contribution >= 0.6 is 11.3 Å². The van der Waals surface area contributed by atoms with E-state index in [2.05, 4.69) is 4.99 Å². The van der Waals surface area contributed by atoms with Crippen molar-refractivity contribution in [2.45, 2.75) is 20.4 Å². The first kappa shape index (κ1) is 16.1. The lowest BCUT2D eigenvalue weighted by molar-refractivity contribution is -0.137. The number of aromatic nitrogens is 1. The molecule has 3 rings (SSSR count). The van der Waals surface area contributed by atoms with Crippen molar-refractivity contribution < 1.29 is 14.7 Å². The fraction of sp³-hybridized carbons (Fsp3) is 0.167. The first-order valence-corrected chi connectivity index (χ1v) is 8.23. The fourth-order valence-corrected chi connectivity index (χ4v) is 3.41. The predicted molar refractivity (Wildman–Crippen MR) is 93.3 cm³/mol. The molecule has 2 aromatic carbocycles. The zero-order chi connectivity index (χ0) is 17.3. The number of fused-ring (bicyclic) bond motifs is 1. The number of benzene rings is 2. The molecule has 0 radical (unpaired) electrons. The SMILES string of the molecule is Cc1ccc(C(=O)/N=c2\sc3ccc(C)cc3n2CC(=O)O)cc1. The maximum Gasteiger partial charge on any atom is 0.323 e. The first-order valence-electron chi connectivity index (χ1n) is 7.41. The summed E-state index contributed by atoms with van der Waals surface area (Å²) in [5.41, 5.74) is 3.34. The van der Waals surface area contributed by atoms with Crippen LogP contribution in [0.25, 0.3) is 10.2 Å². The molecule has 0 aliphatic carbocycles. The van der Waals surface area contributed by atoms with Crippen LogP contribution in [0.15, 0.2) is 47.5 Å². The van der Waals surface area contributed by atoms with Gasteiger partial charge in [0.15, 0.2) is 4.80 Å². The Balaban J connectivity index is 2.15. The van der Waals surface area contributed by atoms with Crippen molar-refractivity contribution in [1.82, 2.24) is 4.57 Å². The second kappa shape index (κ2) is 6.41. The molecule has 0 unspecified atom stereocenters. The third kappa shape index (κ3) is 3.28. The average Bonchev–Trinajstić information content (AvgIpc) is 2.84. The van der Waals surface area contributed by atoms with Crippen LogP contribution in [0.3, 0.4) is 0 Å². The summed E-state index contributed by atoms with van der Waals surface area (Å²) < 4.78 is 2.47. The van der Waals surface area contributed by atoms with Crippen LogP contribution in [0.1, 0.15) is 21.5 Å². The van der Waals surface area contributed by atoms with Crippen LogP contribution < -0.4 is 4.80 Å². The minimum absolute atomic E-state index is 0.233. The molecule has 0 bridgehead atoms. The third-order valence-corrected chi connectivity index (χ3v) is 4.69. The highest BCUT2D eigenvalue weighted by Gasteiger charge is 2.11. The Morgan fingerprint density at radius 3 is 2.42 bits per heavy atom. The standard InChI is InChI=1S/C18H16N2O3S/c1-11-3-6-13(7-4-11)17(23)19-18-20(10-16(21)22)14-9-12(2)5-8-15(14)24-18/h3-9H,10H2,1-2H3,(H,21,22)/b19-18-. The zero-order valence-electron chi connectivity index (χ0n) is 13.3. The monoisotopic (exact) mass is 340 g/mol. The van der Waals surface area contributed by atoms with E-state index in [4.69, 9.17) is 0 Å². The van der Waals surface area contributed by atoms with Gasteiger partial charge in [-0.1, -0.05) is 35.1 Å². The van der Waals surface area contributed by atoms with Crippen LogP contribution in [0, 0.1) is 13.8 Å². The number of rotatable bonds is 3. The number of carbonyl (C=O) groups excluding carboxylic acids is 1. The van der Waals surface area contributed by atoms with Crippen molar-refractivity contribution in [3.63, 3.8) is 0 Å². The van der Waals surface area contributed by atoms with E-state index in [-0.39, 0.29) is 12.5 Å². The smallest absolute Gasteiger partial charge is 0.323 e. The highest BCUT2D eigenvalue weighted by atomic mass is 32.1. The lowest BCUT2D eigenvalue weighted by Gasteiger charge is -2.02. The van der Waals surface area contributed by atoms with Crippen LogP contribution in [0.5, 0.6) is 0 Å². The number of amides is 1. The lowest BCUT2D eigenvalue weighted by Crippen LogP contribution is -2.21. The number of hydrogen-bond acceptors (Lipinski definition) is 3. The van der Waals surface area contributed by atoms with E-state index < -0.39 is 5.97 Å². The molecule has 122 valence electrons. The Morgan fingerprint density at radius 2 is 1.75 bits per heavy atom. The summed E-state index contributed by atoms with van der Waals surface area (Å²) in [6.07, 6.45) is 0. The topological polar surface area (TPSA) is 71.7 Å². The van der Waals surface area contributed by atoms with Crippen molar-refractivity contribution in [1.29, 1.82) is 0 Å². The quantitative estimate of drug-likeness (QED) is 0.796. The molecule has 1 heterocycles. The Morgan fingerprint density at radius 1 is 1.08 bits per heavy atom. The van der Waals surface area contributed by atoms with E-state index in [0.717, 1.165) is 21.3 Å². The van der Waals surface area contributed by atoms with Crippen molar-refractivity contribution in [2.75, 3.05) is 0 Å². The molecule has 0 spiro atoms. The summed E-state index contributed by atoms with van der Waals surface area (Å²) in [6, 6.07) is 12.9. The van der Waals surface area contributed by atoms with Crippen molar-refractivity contribution in [2.24, 2.45) is 4.99 Å². The summed E-state index contributed by atoms with van der Waals surface area (Å²) in [4.78, 5) is 28.1. The Bertz CT molecular complexity index is 997. The second-order valence-electron chi connectivity index (χ2n) is 5.62. The molecule has 6 heteroatoms. The average molecular weight is 340 g/mol. The van der Waals surface area contributed by atoms with E-state index in [1.807, 2.05) is 44.2 Å². The molecule has 0 saturated carbocycles. The highest BCUT2D eigenvalue weighted by molar-refractivity contribution is 7.16. The van der Waals surface area contributed by atoms with Gasteiger partial charge in [-0.2, -0.15) is 4.99 Å². The van der Waals surface area contributed by atoms with Crippen LogP contribution in [-0.4, -0.2) is 21.6 Å². The molecule has 0 aliphatic rings. The van der Waals surface area contributed by atoms with Crippen molar-refractivity contribution in [3.05, 3.63) is 64.0 Å². The molecule has 0 saturated heterocycles. The minimum Gasteiger partial charge on any atom is -0.480 e. The summed E-state index contributed by atoms with van der Waals surface area (Å²) in [6.45, 7) is 3.65. The van der Waals surface area contributed by atoms with Crippen molar-refractivity contribution in [3.8, 4) is 0 Å². The van der Waals surface area contributed by atoms with Gasteiger partial charge in [-0.3, -0.25) is 9.59 Å². The Labute approximate surface area is 142 Å². The molecule has 1 amide bonds. The number of nitrogens with zero attached hydrogens (tertiary/aromatic N) is 2. The molecule has 0 fully saturated rings. The van der Waals surface area contributed by atoms with E-state index >= 15 is 0 Å². The van der Waals surface area contributed by atoms with Crippen LogP contribution in [0.4, 0.5) is 0 Å². The van der Waals surface area contributed by atoms with E-state index in [0.29, 0.717) is 10.4 Å². The molecule has 3 aromatic rings. The molecule has 0 atom stereocenters. The van der Waals surface area contributed by atoms with E-state index in [9.17, 15) is 14.7 Å². The summed E-state index contributed by atoms with van der Waals surface area (Å²) in [5, 5.41) is 9.18.